The Hall–Kier alpha value is -3.36. The molecule has 24 heavy (non-hydrogen) atoms. The van der Waals surface area contributed by atoms with Crippen LogP contribution in [0.1, 0.15) is 10.4 Å². The van der Waals surface area contributed by atoms with Crippen molar-refractivity contribution in [3.63, 3.8) is 0 Å². The van der Waals surface area contributed by atoms with Gasteiger partial charge < -0.3 is 10.1 Å². The van der Waals surface area contributed by atoms with Crippen molar-refractivity contribution in [3.8, 4) is 0 Å². The molecule has 0 heterocycles. The molecule has 0 spiro atoms. The third-order valence-corrected chi connectivity index (χ3v) is 2.86. The van der Waals surface area contributed by atoms with Crippen LogP contribution in [0.15, 0.2) is 42.5 Å². The average Bonchev–Trinajstić information content (AvgIpc) is 2.55. The van der Waals surface area contributed by atoms with E-state index in [1.165, 1.54) is 18.2 Å². The van der Waals surface area contributed by atoms with E-state index in [0.717, 1.165) is 18.2 Å². The molecule has 0 aliphatic carbocycles. The highest BCUT2D eigenvalue weighted by Crippen LogP contribution is 2.19. The van der Waals surface area contributed by atoms with Gasteiger partial charge in [0.25, 0.3) is 11.6 Å². The van der Waals surface area contributed by atoms with E-state index in [1.807, 2.05) is 0 Å². The Morgan fingerprint density at radius 1 is 1.17 bits per heavy atom. The molecule has 2 rings (SSSR count). The second-order valence-corrected chi connectivity index (χ2v) is 4.52. The van der Waals surface area contributed by atoms with Gasteiger partial charge in [-0.1, -0.05) is 12.1 Å². The van der Waals surface area contributed by atoms with Crippen LogP contribution in [0.3, 0.4) is 0 Å². The zero-order chi connectivity index (χ0) is 17.7. The summed E-state index contributed by atoms with van der Waals surface area (Å²) in [5, 5.41) is 12.9. The summed E-state index contributed by atoms with van der Waals surface area (Å²) in [5.41, 5.74) is -1.07. The summed E-state index contributed by atoms with van der Waals surface area (Å²) in [5.74, 6) is -3.76. The molecule has 0 atom stereocenters. The topological polar surface area (TPSA) is 98.5 Å². The molecular formula is C15H10F2N2O5. The highest BCUT2D eigenvalue weighted by Gasteiger charge is 2.21. The summed E-state index contributed by atoms with van der Waals surface area (Å²) in [6, 6.07) is 7.60. The van der Waals surface area contributed by atoms with Gasteiger partial charge in [0, 0.05) is 12.1 Å². The fourth-order valence-corrected chi connectivity index (χ4v) is 1.79. The van der Waals surface area contributed by atoms with Crippen molar-refractivity contribution in [1.82, 2.24) is 0 Å². The first-order chi connectivity index (χ1) is 11.4. The normalized spacial score (nSPS) is 10.1. The molecule has 2 aromatic carbocycles. The van der Waals surface area contributed by atoms with Crippen molar-refractivity contribution in [2.45, 2.75) is 0 Å². The molecule has 0 unspecified atom stereocenters. The molecule has 9 heteroatoms. The molecule has 0 aliphatic rings. The van der Waals surface area contributed by atoms with Crippen LogP contribution in [-0.2, 0) is 9.53 Å². The minimum Gasteiger partial charge on any atom is -0.452 e. The number of rotatable bonds is 5. The minimum absolute atomic E-state index is 0.289. The zero-order valence-electron chi connectivity index (χ0n) is 12.0. The summed E-state index contributed by atoms with van der Waals surface area (Å²) in [6.45, 7) is -0.790. The van der Waals surface area contributed by atoms with E-state index >= 15 is 0 Å². The van der Waals surface area contributed by atoms with Crippen LogP contribution in [0.25, 0.3) is 0 Å². The number of halogens is 2. The second kappa shape index (κ2) is 7.27. The van der Waals surface area contributed by atoms with Crippen LogP contribution in [0.5, 0.6) is 0 Å². The lowest BCUT2D eigenvalue weighted by molar-refractivity contribution is -0.385. The highest BCUT2D eigenvalue weighted by atomic mass is 19.1. The van der Waals surface area contributed by atoms with E-state index < -0.39 is 40.7 Å². The maximum absolute atomic E-state index is 13.4. The lowest BCUT2D eigenvalue weighted by Crippen LogP contribution is -2.21. The summed E-state index contributed by atoms with van der Waals surface area (Å²) < 4.78 is 30.8. The van der Waals surface area contributed by atoms with Gasteiger partial charge in [0.15, 0.2) is 6.61 Å². The number of nitrogens with zero attached hydrogens (tertiary/aromatic N) is 1. The fraction of sp³-hybridized carbons (Fsp3) is 0.0667. The number of hydrogen-bond acceptors (Lipinski definition) is 5. The Bertz CT molecular complexity index is 810. The lowest BCUT2D eigenvalue weighted by Gasteiger charge is -2.07. The van der Waals surface area contributed by atoms with Gasteiger partial charge in [0.2, 0.25) is 0 Å². The predicted molar refractivity (Wildman–Crippen MR) is 78.4 cm³/mol. The maximum atomic E-state index is 13.4. The van der Waals surface area contributed by atoms with Gasteiger partial charge in [-0.25, -0.2) is 13.6 Å². The molecule has 7 nitrogen and oxygen atoms in total. The van der Waals surface area contributed by atoms with Crippen LogP contribution >= 0.6 is 0 Å². The molecule has 1 N–H and O–H groups in total. The van der Waals surface area contributed by atoms with Gasteiger partial charge in [-0.05, 0) is 18.2 Å². The number of benzene rings is 2. The van der Waals surface area contributed by atoms with Gasteiger partial charge in [0.1, 0.15) is 17.2 Å². The van der Waals surface area contributed by atoms with Crippen LogP contribution in [0, 0.1) is 21.7 Å². The van der Waals surface area contributed by atoms with Crippen molar-refractivity contribution in [2.24, 2.45) is 0 Å². The van der Waals surface area contributed by atoms with Crippen LogP contribution < -0.4 is 5.32 Å². The molecule has 124 valence electrons. The van der Waals surface area contributed by atoms with E-state index in [2.05, 4.69) is 10.1 Å². The highest BCUT2D eigenvalue weighted by molar-refractivity contribution is 5.97. The Morgan fingerprint density at radius 3 is 2.54 bits per heavy atom. The molecule has 0 aromatic heterocycles. The van der Waals surface area contributed by atoms with Crippen molar-refractivity contribution < 1.29 is 28.0 Å². The second-order valence-electron chi connectivity index (χ2n) is 4.52. The number of ether oxygens (including phenoxy) is 1. The van der Waals surface area contributed by atoms with Gasteiger partial charge in [0.05, 0.1) is 10.6 Å². The molecule has 0 saturated heterocycles. The quantitative estimate of drug-likeness (QED) is 0.514. The van der Waals surface area contributed by atoms with Crippen LogP contribution in [0.2, 0.25) is 0 Å². The number of esters is 1. The number of nitrogens with one attached hydrogen (secondary N) is 1. The Morgan fingerprint density at radius 2 is 1.88 bits per heavy atom. The molecule has 0 aliphatic heterocycles. The van der Waals surface area contributed by atoms with Gasteiger partial charge >= 0.3 is 5.97 Å². The predicted octanol–water partition coefficient (Wildman–Crippen LogP) is 2.67. The van der Waals surface area contributed by atoms with E-state index in [-0.39, 0.29) is 11.3 Å². The third kappa shape index (κ3) is 4.09. The minimum atomic E-state index is -1.07. The molecule has 0 bridgehead atoms. The van der Waals surface area contributed by atoms with Crippen molar-refractivity contribution >= 4 is 23.3 Å². The summed E-state index contributed by atoms with van der Waals surface area (Å²) in [6.07, 6.45) is 0. The van der Waals surface area contributed by atoms with Gasteiger partial charge in [-0.3, -0.25) is 14.9 Å². The first-order valence-electron chi connectivity index (χ1n) is 6.54. The number of nitro benzene ring substituents is 1. The number of para-hydroxylation sites is 1. The number of carbonyl (C=O) groups is 2. The van der Waals surface area contributed by atoms with Crippen molar-refractivity contribution in [2.75, 3.05) is 11.9 Å². The number of nitro groups is 1. The lowest BCUT2D eigenvalue weighted by atomic mass is 10.2. The molecule has 1 amide bonds. The van der Waals surface area contributed by atoms with E-state index in [9.17, 15) is 28.5 Å². The summed E-state index contributed by atoms with van der Waals surface area (Å²) >= 11 is 0. The standard InChI is InChI=1S/C15H10F2N2O5/c16-9-5-6-12(11(17)7-9)18-14(20)8-24-15(21)10-3-1-2-4-13(10)19(22)23/h1-7H,8H2,(H,18,20). The Kier molecular flexibility index (Phi) is 5.15. The number of amides is 1. The SMILES string of the molecule is O=C(COC(=O)c1ccccc1[N+](=O)[O-])Nc1ccc(F)cc1F. The largest absolute Gasteiger partial charge is 0.452 e. The maximum Gasteiger partial charge on any atom is 0.345 e. The van der Waals surface area contributed by atoms with Crippen molar-refractivity contribution in [1.29, 1.82) is 0 Å². The van der Waals surface area contributed by atoms with Crippen LogP contribution in [-0.4, -0.2) is 23.4 Å². The molecule has 0 fully saturated rings. The van der Waals surface area contributed by atoms with Gasteiger partial charge in [-0.15, -0.1) is 0 Å². The van der Waals surface area contributed by atoms with Crippen LogP contribution in [0.4, 0.5) is 20.2 Å². The monoisotopic (exact) mass is 336 g/mol. The van der Waals surface area contributed by atoms with E-state index in [0.29, 0.717) is 6.07 Å². The number of anilines is 1. The Balaban J connectivity index is 1.99. The molecule has 0 radical (unpaired) electrons. The van der Waals surface area contributed by atoms with E-state index in [4.69, 9.17) is 0 Å². The first-order valence-corrected chi connectivity index (χ1v) is 6.54. The molecule has 2 aromatic rings. The number of carbonyl (C=O) groups excluding carboxylic acids is 2. The molecular weight excluding hydrogens is 326 g/mol. The zero-order valence-corrected chi connectivity index (χ0v) is 12.0. The van der Waals surface area contributed by atoms with Gasteiger partial charge in [-0.2, -0.15) is 0 Å². The summed E-state index contributed by atoms with van der Waals surface area (Å²) in [4.78, 5) is 33.5. The Labute approximate surface area is 134 Å². The number of hydrogen-bond donors (Lipinski definition) is 1. The average molecular weight is 336 g/mol. The summed E-state index contributed by atoms with van der Waals surface area (Å²) in [7, 11) is 0. The third-order valence-electron chi connectivity index (χ3n) is 2.86. The molecule has 0 saturated carbocycles. The fourth-order valence-electron chi connectivity index (χ4n) is 1.79. The van der Waals surface area contributed by atoms with Crippen molar-refractivity contribution in [3.05, 3.63) is 69.8 Å². The van der Waals surface area contributed by atoms with E-state index in [1.54, 1.807) is 0 Å². The first kappa shape index (κ1) is 17.0. The smallest absolute Gasteiger partial charge is 0.345 e.